The minimum absolute atomic E-state index is 0.0449. The molecule has 0 saturated carbocycles. The Kier molecular flexibility index (Phi) is 4.52. The molecule has 124 valence electrons. The number of ether oxygens (including phenoxy) is 1. The molecule has 0 spiro atoms. The molecule has 2 aromatic rings. The summed E-state index contributed by atoms with van der Waals surface area (Å²) in [7, 11) is 1.87. The smallest absolute Gasteiger partial charge is 0.263 e. The van der Waals surface area contributed by atoms with Crippen molar-refractivity contribution in [2.24, 2.45) is 7.05 Å². The van der Waals surface area contributed by atoms with Gasteiger partial charge in [0.15, 0.2) is 6.10 Å². The molecule has 1 saturated heterocycles. The van der Waals surface area contributed by atoms with Crippen molar-refractivity contribution in [2.45, 2.75) is 31.9 Å². The van der Waals surface area contributed by atoms with Crippen LogP contribution in [0.5, 0.6) is 5.75 Å². The molecule has 0 bridgehead atoms. The Balaban J connectivity index is 1.74. The fourth-order valence-electron chi connectivity index (χ4n) is 3.13. The number of benzene rings is 1. The number of nitrogens with zero attached hydrogens (tertiary/aromatic N) is 4. The zero-order valence-corrected chi connectivity index (χ0v) is 13.8. The van der Waals surface area contributed by atoms with Crippen LogP contribution in [0.2, 0.25) is 0 Å². The second-order valence-corrected chi connectivity index (χ2v) is 6.01. The van der Waals surface area contributed by atoms with E-state index in [0.29, 0.717) is 17.9 Å². The molecule has 1 aliphatic heterocycles. The Morgan fingerprint density at radius 1 is 1.46 bits per heavy atom. The number of rotatable bonds is 4. The van der Waals surface area contributed by atoms with Gasteiger partial charge in [-0.3, -0.25) is 9.48 Å². The first kappa shape index (κ1) is 16.1. The van der Waals surface area contributed by atoms with Crippen molar-refractivity contribution in [3.63, 3.8) is 0 Å². The highest BCUT2D eigenvalue weighted by atomic mass is 16.5. The zero-order valence-electron chi connectivity index (χ0n) is 13.8. The molecule has 1 aromatic carbocycles. The Morgan fingerprint density at radius 2 is 2.25 bits per heavy atom. The largest absolute Gasteiger partial charge is 0.480 e. The van der Waals surface area contributed by atoms with Crippen molar-refractivity contribution in [1.82, 2.24) is 14.7 Å². The molecular weight excluding hydrogens is 304 g/mol. The van der Waals surface area contributed by atoms with Crippen LogP contribution in [0.25, 0.3) is 0 Å². The number of carbonyl (C=O) groups excluding carboxylic acids is 1. The van der Waals surface area contributed by atoms with Gasteiger partial charge in [-0.2, -0.15) is 10.4 Å². The lowest BCUT2D eigenvalue weighted by molar-refractivity contribution is -0.138. The fraction of sp³-hybridized carbons (Fsp3) is 0.389. The van der Waals surface area contributed by atoms with Crippen LogP contribution in [0.4, 0.5) is 0 Å². The predicted molar refractivity (Wildman–Crippen MR) is 88.1 cm³/mol. The van der Waals surface area contributed by atoms with Crippen molar-refractivity contribution in [3.8, 4) is 11.8 Å². The number of para-hydroxylation sites is 1. The minimum Gasteiger partial charge on any atom is -0.480 e. The molecule has 0 N–H and O–H groups in total. The van der Waals surface area contributed by atoms with Gasteiger partial charge >= 0.3 is 0 Å². The van der Waals surface area contributed by atoms with E-state index in [4.69, 9.17) is 10.00 Å². The van der Waals surface area contributed by atoms with Crippen molar-refractivity contribution >= 4 is 5.91 Å². The van der Waals surface area contributed by atoms with Crippen LogP contribution < -0.4 is 4.74 Å². The van der Waals surface area contributed by atoms with E-state index in [1.54, 1.807) is 35.9 Å². The molecule has 0 radical (unpaired) electrons. The fourth-order valence-corrected chi connectivity index (χ4v) is 3.13. The summed E-state index contributed by atoms with van der Waals surface area (Å²) in [4.78, 5) is 14.7. The van der Waals surface area contributed by atoms with Gasteiger partial charge in [0.2, 0.25) is 0 Å². The standard InChI is InChI=1S/C18H20N4O2/c1-13(24-17-8-4-3-6-14(17)10-19)18(23)22-9-5-7-16(22)15-11-20-21(2)12-15/h3-4,6,8,11-13,16H,5,7,9H2,1-2H3. The maximum atomic E-state index is 12.8. The van der Waals surface area contributed by atoms with Crippen LogP contribution in [0, 0.1) is 11.3 Å². The first-order chi connectivity index (χ1) is 11.6. The average Bonchev–Trinajstić information content (AvgIpc) is 3.23. The number of hydrogen-bond acceptors (Lipinski definition) is 4. The summed E-state index contributed by atoms with van der Waals surface area (Å²) in [6.45, 7) is 2.45. The third-order valence-corrected chi connectivity index (χ3v) is 4.30. The first-order valence-electron chi connectivity index (χ1n) is 8.05. The summed E-state index contributed by atoms with van der Waals surface area (Å²) in [5, 5.41) is 13.3. The van der Waals surface area contributed by atoms with Crippen molar-refractivity contribution in [3.05, 3.63) is 47.8 Å². The lowest BCUT2D eigenvalue weighted by Crippen LogP contribution is -2.40. The predicted octanol–water partition coefficient (Wildman–Crippen LogP) is 2.42. The third-order valence-electron chi connectivity index (χ3n) is 4.30. The van der Waals surface area contributed by atoms with Gasteiger partial charge in [0.05, 0.1) is 17.8 Å². The number of aromatic nitrogens is 2. The Bertz CT molecular complexity index is 777. The van der Waals surface area contributed by atoms with Gasteiger partial charge in [0.1, 0.15) is 11.8 Å². The van der Waals surface area contributed by atoms with Gasteiger partial charge in [-0.25, -0.2) is 0 Å². The van der Waals surface area contributed by atoms with Gasteiger partial charge in [-0.1, -0.05) is 12.1 Å². The quantitative estimate of drug-likeness (QED) is 0.866. The highest BCUT2D eigenvalue weighted by Crippen LogP contribution is 2.32. The molecule has 6 nitrogen and oxygen atoms in total. The summed E-state index contributed by atoms with van der Waals surface area (Å²) in [5.41, 5.74) is 1.48. The summed E-state index contributed by atoms with van der Waals surface area (Å²) in [5.74, 6) is 0.382. The van der Waals surface area contributed by atoms with Crippen LogP contribution in [0.15, 0.2) is 36.7 Å². The van der Waals surface area contributed by atoms with E-state index in [2.05, 4.69) is 11.2 Å². The molecule has 2 heterocycles. The van der Waals surface area contributed by atoms with Crippen LogP contribution in [-0.4, -0.2) is 33.2 Å². The molecule has 2 unspecified atom stereocenters. The Hall–Kier alpha value is -2.81. The van der Waals surface area contributed by atoms with E-state index >= 15 is 0 Å². The molecular formula is C18H20N4O2. The highest BCUT2D eigenvalue weighted by Gasteiger charge is 2.34. The number of nitriles is 1. The Labute approximate surface area is 141 Å². The van der Waals surface area contributed by atoms with E-state index in [0.717, 1.165) is 18.4 Å². The zero-order chi connectivity index (χ0) is 17.1. The molecule has 1 aromatic heterocycles. The monoisotopic (exact) mass is 324 g/mol. The maximum absolute atomic E-state index is 12.8. The lowest BCUT2D eigenvalue weighted by atomic mass is 10.1. The summed E-state index contributed by atoms with van der Waals surface area (Å²) in [6.07, 6.45) is 5.02. The lowest BCUT2D eigenvalue weighted by Gasteiger charge is -2.27. The summed E-state index contributed by atoms with van der Waals surface area (Å²) in [6, 6.07) is 9.09. The van der Waals surface area contributed by atoms with Crippen molar-refractivity contribution < 1.29 is 9.53 Å². The van der Waals surface area contributed by atoms with Gasteiger partial charge in [0, 0.05) is 25.4 Å². The van der Waals surface area contributed by atoms with Crippen LogP contribution in [-0.2, 0) is 11.8 Å². The molecule has 24 heavy (non-hydrogen) atoms. The van der Waals surface area contributed by atoms with Crippen molar-refractivity contribution in [2.75, 3.05) is 6.54 Å². The second kappa shape index (κ2) is 6.75. The van der Waals surface area contributed by atoms with Crippen LogP contribution >= 0.6 is 0 Å². The normalized spacial score (nSPS) is 18.2. The van der Waals surface area contributed by atoms with Gasteiger partial charge in [-0.05, 0) is 31.9 Å². The van der Waals surface area contributed by atoms with Crippen LogP contribution in [0.3, 0.4) is 0 Å². The SMILES string of the molecule is CC(Oc1ccccc1C#N)C(=O)N1CCCC1c1cnn(C)c1. The number of likely N-dealkylation sites (tertiary alicyclic amines) is 1. The molecule has 1 aliphatic rings. The molecule has 6 heteroatoms. The summed E-state index contributed by atoms with van der Waals surface area (Å²) < 4.78 is 7.51. The molecule has 2 atom stereocenters. The van der Waals surface area contributed by atoms with E-state index < -0.39 is 6.10 Å². The molecule has 0 aliphatic carbocycles. The molecule has 1 amide bonds. The number of hydrogen-bond donors (Lipinski definition) is 0. The minimum atomic E-state index is -0.642. The maximum Gasteiger partial charge on any atom is 0.263 e. The highest BCUT2D eigenvalue weighted by molar-refractivity contribution is 5.81. The first-order valence-corrected chi connectivity index (χ1v) is 8.05. The molecule has 1 fully saturated rings. The number of carbonyl (C=O) groups is 1. The van der Waals surface area contributed by atoms with Crippen molar-refractivity contribution in [1.29, 1.82) is 5.26 Å². The Morgan fingerprint density at radius 3 is 2.96 bits per heavy atom. The number of amides is 1. The topological polar surface area (TPSA) is 71.2 Å². The third kappa shape index (κ3) is 3.11. The summed E-state index contributed by atoms with van der Waals surface area (Å²) >= 11 is 0. The number of aryl methyl sites for hydroxylation is 1. The van der Waals surface area contributed by atoms with E-state index in [9.17, 15) is 4.79 Å². The second-order valence-electron chi connectivity index (χ2n) is 6.01. The van der Waals surface area contributed by atoms with Crippen LogP contribution in [0.1, 0.15) is 36.9 Å². The van der Waals surface area contributed by atoms with Gasteiger partial charge in [-0.15, -0.1) is 0 Å². The van der Waals surface area contributed by atoms with E-state index in [1.807, 2.05) is 24.3 Å². The van der Waals surface area contributed by atoms with E-state index in [1.165, 1.54) is 0 Å². The van der Waals surface area contributed by atoms with E-state index in [-0.39, 0.29) is 11.9 Å². The van der Waals surface area contributed by atoms with Gasteiger partial charge in [0.25, 0.3) is 5.91 Å². The van der Waals surface area contributed by atoms with Gasteiger partial charge < -0.3 is 9.64 Å². The molecule has 3 rings (SSSR count). The average molecular weight is 324 g/mol.